The fourth-order valence-corrected chi connectivity index (χ4v) is 3.20. The van der Waals surface area contributed by atoms with E-state index < -0.39 is 10.0 Å². The van der Waals surface area contributed by atoms with E-state index in [1.807, 2.05) is 6.92 Å². The molecule has 0 aromatic heterocycles. The van der Waals surface area contributed by atoms with Crippen molar-refractivity contribution >= 4 is 10.0 Å². The maximum Gasteiger partial charge on any atom is 0.240 e. The third-order valence-corrected chi connectivity index (χ3v) is 4.41. The molecule has 0 radical (unpaired) electrons. The minimum atomic E-state index is -3.36. The van der Waals surface area contributed by atoms with Crippen LogP contribution in [0.3, 0.4) is 0 Å². The fourth-order valence-electron chi connectivity index (χ4n) is 1.92. The van der Waals surface area contributed by atoms with Crippen molar-refractivity contribution in [1.29, 1.82) is 0 Å². The molecule has 1 fully saturated rings. The van der Waals surface area contributed by atoms with E-state index in [1.165, 1.54) is 0 Å². The van der Waals surface area contributed by atoms with E-state index in [2.05, 4.69) is 4.72 Å². The van der Waals surface area contributed by atoms with Crippen molar-refractivity contribution in [2.75, 3.05) is 6.61 Å². The van der Waals surface area contributed by atoms with Crippen LogP contribution in [-0.2, 0) is 14.8 Å². The molecule has 1 saturated carbocycles. The molecule has 17 heavy (non-hydrogen) atoms. The van der Waals surface area contributed by atoms with E-state index in [4.69, 9.17) is 4.74 Å². The molecule has 5 heteroatoms. The summed E-state index contributed by atoms with van der Waals surface area (Å²) in [5.74, 6) is 0. The molecular formula is C12H17NO3S. The highest BCUT2D eigenvalue weighted by Gasteiger charge is 2.32. The van der Waals surface area contributed by atoms with Crippen molar-refractivity contribution in [2.24, 2.45) is 0 Å². The molecular weight excluding hydrogens is 238 g/mol. The molecule has 4 nitrogen and oxygen atoms in total. The van der Waals surface area contributed by atoms with Crippen molar-refractivity contribution in [3.05, 3.63) is 30.3 Å². The van der Waals surface area contributed by atoms with Gasteiger partial charge < -0.3 is 4.74 Å². The Bertz CT molecular complexity index is 452. The Balaban J connectivity index is 1.92. The highest BCUT2D eigenvalue weighted by Crippen LogP contribution is 2.24. The average molecular weight is 255 g/mol. The zero-order chi connectivity index (χ0) is 12.3. The first-order chi connectivity index (χ1) is 8.12. The number of benzene rings is 1. The molecule has 1 aromatic carbocycles. The van der Waals surface area contributed by atoms with Gasteiger partial charge in [-0.2, -0.15) is 0 Å². The molecule has 1 aliphatic rings. The van der Waals surface area contributed by atoms with E-state index in [1.54, 1.807) is 30.3 Å². The molecule has 1 N–H and O–H groups in total. The Morgan fingerprint density at radius 2 is 1.94 bits per heavy atom. The van der Waals surface area contributed by atoms with Crippen molar-refractivity contribution in [1.82, 2.24) is 4.72 Å². The molecule has 0 bridgehead atoms. The average Bonchev–Trinajstić information content (AvgIpc) is 2.27. The zero-order valence-corrected chi connectivity index (χ0v) is 10.6. The maximum absolute atomic E-state index is 11.9. The van der Waals surface area contributed by atoms with Gasteiger partial charge in [0.05, 0.1) is 11.0 Å². The van der Waals surface area contributed by atoms with E-state index in [0.29, 0.717) is 11.5 Å². The van der Waals surface area contributed by atoms with Gasteiger partial charge in [0.2, 0.25) is 10.0 Å². The van der Waals surface area contributed by atoms with Gasteiger partial charge in [0.15, 0.2) is 0 Å². The number of nitrogens with one attached hydrogen (secondary N) is 1. The fraction of sp³-hybridized carbons (Fsp3) is 0.500. The zero-order valence-electron chi connectivity index (χ0n) is 9.80. The second kappa shape index (κ2) is 5.16. The lowest BCUT2D eigenvalue weighted by Crippen LogP contribution is -2.47. The van der Waals surface area contributed by atoms with Gasteiger partial charge in [0, 0.05) is 12.6 Å². The van der Waals surface area contributed by atoms with E-state index in [9.17, 15) is 8.42 Å². The van der Waals surface area contributed by atoms with Crippen LogP contribution < -0.4 is 4.72 Å². The van der Waals surface area contributed by atoms with Crippen LogP contribution in [0.15, 0.2) is 35.2 Å². The normalized spacial score (nSPS) is 24.3. The monoisotopic (exact) mass is 255 g/mol. The third kappa shape index (κ3) is 3.06. The molecule has 0 atom stereocenters. The summed E-state index contributed by atoms with van der Waals surface area (Å²) in [6.07, 6.45) is 1.74. The van der Waals surface area contributed by atoms with E-state index in [-0.39, 0.29) is 12.1 Å². The second-order valence-electron chi connectivity index (χ2n) is 4.18. The predicted molar refractivity (Wildman–Crippen MR) is 65.2 cm³/mol. The summed E-state index contributed by atoms with van der Waals surface area (Å²) in [5.41, 5.74) is 0. The Labute approximate surface area is 102 Å². The summed E-state index contributed by atoms with van der Waals surface area (Å²) in [7, 11) is -3.36. The first-order valence-electron chi connectivity index (χ1n) is 5.81. The van der Waals surface area contributed by atoms with Gasteiger partial charge in [-0.3, -0.25) is 0 Å². The standard InChI is InChI=1S/C12H17NO3S/c1-2-16-11-8-10(9-11)13-17(14,15)12-6-4-3-5-7-12/h3-7,10-11,13H,2,8-9H2,1H3. The van der Waals surface area contributed by atoms with Crippen LogP contribution >= 0.6 is 0 Å². The van der Waals surface area contributed by atoms with Crippen LogP contribution in [0.1, 0.15) is 19.8 Å². The van der Waals surface area contributed by atoms with Gasteiger partial charge in [-0.25, -0.2) is 13.1 Å². The molecule has 0 saturated heterocycles. The highest BCUT2D eigenvalue weighted by molar-refractivity contribution is 7.89. The van der Waals surface area contributed by atoms with Crippen LogP contribution in [0.2, 0.25) is 0 Å². The Hall–Kier alpha value is -0.910. The summed E-state index contributed by atoms with van der Waals surface area (Å²) in [5, 5.41) is 0. The van der Waals surface area contributed by atoms with Crippen LogP contribution in [0.25, 0.3) is 0 Å². The molecule has 0 heterocycles. The smallest absolute Gasteiger partial charge is 0.240 e. The van der Waals surface area contributed by atoms with Gasteiger partial charge in [0.1, 0.15) is 0 Å². The molecule has 0 aliphatic heterocycles. The van der Waals surface area contributed by atoms with Crippen molar-refractivity contribution in [3.8, 4) is 0 Å². The maximum atomic E-state index is 11.9. The minimum Gasteiger partial charge on any atom is -0.378 e. The van der Waals surface area contributed by atoms with Gasteiger partial charge in [-0.1, -0.05) is 18.2 Å². The Morgan fingerprint density at radius 1 is 1.29 bits per heavy atom. The lowest BCUT2D eigenvalue weighted by Gasteiger charge is -2.35. The molecule has 94 valence electrons. The lowest BCUT2D eigenvalue weighted by atomic mass is 9.90. The van der Waals surface area contributed by atoms with Gasteiger partial charge in [0.25, 0.3) is 0 Å². The largest absolute Gasteiger partial charge is 0.378 e. The quantitative estimate of drug-likeness (QED) is 0.868. The van der Waals surface area contributed by atoms with Crippen molar-refractivity contribution < 1.29 is 13.2 Å². The molecule has 1 aliphatic carbocycles. The first-order valence-corrected chi connectivity index (χ1v) is 7.29. The molecule has 0 unspecified atom stereocenters. The number of hydrogen-bond donors (Lipinski definition) is 1. The predicted octanol–water partition coefficient (Wildman–Crippen LogP) is 1.53. The first kappa shape index (κ1) is 12.5. The lowest BCUT2D eigenvalue weighted by molar-refractivity contribution is -0.00475. The number of rotatable bonds is 5. The van der Waals surface area contributed by atoms with Crippen LogP contribution in [0.4, 0.5) is 0 Å². The van der Waals surface area contributed by atoms with Crippen molar-refractivity contribution in [2.45, 2.75) is 36.8 Å². The molecule has 0 spiro atoms. The number of sulfonamides is 1. The van der Waals surface area contributed by atoms with E-state index >= 15 is 0 Å². The topological polar surface area (TPSA) is 55.4 Å². The van der Waals surface area contributed by atoms with Crippen LogP contribution in [0.5, 0.6) is 0 Å². The van der Waals surface area contributed by atoms with Gasteiger partial charge in [-0.05, 0) is 31.9 Å². The second-order valence-corrected chi connectivity index (χ2v) is 5.89. The molecule has 2 rings (SSSR count). The Morgan fingerprint density at radius 3 is 2.53 bits per heavy atom. The summed E-state index contributed by atoms with van der Waals surface area (Å²) in [6.45, 7) is 2.63. The molecule has 0 amide bonds. The summed E-state index contributed by atoms with van der Waals surface area (Å²) < 4.78 is 32.0. The highest BCUT2D eigenvalue weighted by atomic mass is 32.2. The van der Waals surface area contributed by atoms with Gasteiger partial charge in [-0.15, -0.1) is 0 Å². The summed E-state index contributed by atoms with van der Waals surface area (Å²) in [6, 6.07) is 8.45. The molecule has 1 aromatic rings. The van der Waals surface area contributed by atoms with Crippen molar-refractivity contribution in [3.63, 3.8) is 0 Å². The number of hydrogen-bond acceptors (Lipinski definition) is 3. The third-order valence-electron chi connectivity index (χ3n) is 2.87. The van der Waals surface area contributed by atoms with E-state index in [0.717, 1.165) is 12.8 Å². The minimum absolute atomic E-state index is 0.0109. The van der Waals surface area contributed by atoms with Crippen LogP contribution in [-0.4, -0.2) is 27.2 Å². The number of ether oxygens (including phenoxy) is 1. The van der Waals surface area contributed by atoms with Gasteiger partial charge >= 0.3 is 0 Å². The summed E-state index contributed by atoms with van der Waals surface area (Å²) in [4.78, 5) is 0.319. The summed E-state index contributed by atoms with van der Waals surface area (Å²) >= 11 is 0. The SMILES string of the molecule is CCOC1CC(NS(=O)(=O)c2ccccc2)C1. The Kier molecular flexibility index (Phi) is 3.81. The van der Waals surface area contributed by atoms with Crippen LogP contribution in [0, 0.1) is 0 Å².